The first-order valence-corrected chi connectivity index (χ1v) is 13.6. The van der Waals surface area contributed by atoms with Crippen LogP contribution in [0.3, 0.4) is 0 Å². The highest BCUT2D eigenvalue weighted by molar-refractivity contribution is 5.83. The van der Waals surface area contributed by atoms with Gasteiger partial charge in [-0.3, -0.25) is 9.36 Å². The van der Waals surface area contributed by atoms with Gasteiger partial charge in [-0.2, -0.15) is 0 Å². The molecule has 5 N–H and O–H groups in total. The molecule has 38 heavy (non-hydrogen) atoms. The number of nitrogens with zero attached hydrogens (tertiary/aromatic N) is 5. The number of hydrogen-bond donors (Lipinski definition) is 4. The largest absolute Gasteiger partial charge is 0.449 e. The molecule has 13 heteroatoms. The van der Waals surface area contributed by atoms with E-state index in [1.165, 1.54) is 17.3 Å². The minimum Gasteiger partial charge on any atom is -0.449 e. The number of nitrogen functional groups attached to an aromatic ring is 1. The van der Waals surface area contributed by atoms with Crippen LogP contribution < -0.4 is 11.1 Å². The number of carbonyl (C=O) groups excluding carboxylic acids is 2. The maximum Gasteiger partial charge on any atom is 0.409 e. The van der Waals surface area contributed by atoms with E-state index in [2.05, 4.69) is 20.3 Å². The molecule has 2 unspecified atom stereocenters. The van der Waals surface area contributed by atoms with Crippen LogP contribution in [0.5, 0.6) is 0 Å². The lowest BCUT2D eigenvalue weighted by atomic mass is 9.86. The zero-order chi connectivity index (χ0) is 26.4. The first-order valence-electron chi connectivity index (χ1n) is 13.6. The van der Waals surface area contributed by atoms with Crippen molar-refractivity contribution in [3.8, 4) is 0 Å². The van der Waals surface area contributed by atoms with Crippen LogP contribution >= 0.6 is 0 Å². The topological polar surface area (TPSA) is 178 Å². The van der Waals surface area contributed by atoms with Crippen molar-refractivity contribution in [2.45, 2.75) is 81.9 Å². The van der Waals surface area contributed by atoms with Gasteiger partial charge in [-0.1, -0.05) is 6.42 Å². The van der Waals surface area contributed by atoms with Crippen molar-refractivity contribution in [3.05, 3.63) is 12.2 Å². The van der Waals surface area contributed by atoms with E-state index in [-0.39, 0.29) is 23.9 Å². The third kappa shape index (κ3) is 5.02. The molecule has 0 spiro atoms. The molecule has 4 aliphatic rings. The molecule has 2 aliphatic heterocycles. The summed E-state index contributed by atoms with van der Waals surface area (Å²) in [6.07, 6.45) is 3.67. The number of fused-ring (bicyclic) bond motifs is 1. The van der Waals surface area contributed by atoms with Crippen LogP contribution in [-0.4, -0.2) is 90.7 Å². The predicted octanol–water partition coefficient (Wildman–Crippen LogP) is 0.498. The Morgan fingerprint density at radius 2 is 1.84 bits per heavy atom. The van der Waals surface area contributed by atoms with Gasteiger partial charge in [0.05, 0.1) is 12.9 Å². The number of aliphatic hydroxyl groups excluding tert-OH is 2. The third-order valence-electron chi connectivity index (χ3n) is 8.20. The van der Waals surface area contributed by atoms with Gasteiger partial charge in [0.1, 0.15) is 23.5 Å². The first kappa shape index (κ1) is 25.3. The van der Waals surface area contributed by atoms with Gasteiger partial charge in [0.2, 0.25) is 0 Å². The van der Waals surface area contributed by atoms with Gasteiger partial charge < -0.3 is 35.6 Å². The second kappa shape index (κ2) is 10.3. The molecule has 2 aromatic rings. The predicted molar refractivity (Wildman–Crippen MR) is 134 cm³/mol. The van der Waals surface area contributed by atoms with Gasteiger partial charge in [0, 0.05) is 25.6 Å². The summed E-state index contributed by atoms with van der Waals surface area (Å²) in [6, 6.07) is 0.100. The van der Waals surface area contributed by atoms with Crippen LogP contribution in [0.25, 0.3) is 11.2 Å². The fourth-order valence-electron chi connectivity index (χ4n) is 5.40. The number of likely N-dealkylation sites (tertiary alicyclic amines) is 1. The average molecular weight is 530 g/mol. The molecule has 13 nitrogen and oxygen atoms in total. The van der Waals surface area contributed by atoms with Crippen LogP contribution in [0.2, 0.25) is 0 Å². The second-order valence-electron chi connectivity index (χ2n) is 11.1. The Balaban J connectivity index is 1.11. The number of anilines is 1. The van der Waals surface area contributed by atoms with E-state index in [9.17, 15) is 19.8 Å². The standard InChI is InChI=1S/C25H35N7O6/c26-21-17-22(32(12-27-17)24-19(34)18(33)20(38-24)23(35)28-15-4-5-15)30-16(29-21)10-13-6-8-31(9-7-13)25(36)37-11-14-2-1-3-14/h12-15,18-20,24,33-34H,1-11H2,(H,28,35)(H2,26,29,30)/t18?,19?,20-,24+/m0/s1. The van der Waals surface area contributed by atoms with Crippen molar-refractivity contribution >= 4 is 29.0 Å². The SMILES string of the molecule is Nc1nc(CC2CCN(C(=O)OCC3CCC3)CC2)nc2c1ncn2[C@@H]1O[C@H](C(=O)NC2CC2)C(O)C1O. The lowest BCUT2D eigenvalue weighted by molar-refractivity contribution is -0.137. The van der Waals surface area contributed by atoms with E-state index in [1.54, 1.807) is 4.90 Å². The molecule has 206 valence electrons. The molecular weight excluding hydrogens is 494 g/mol. The summed E-state index contributed by atoms with van der Waals surface area (Å²) in [5.74, 6) is 1.08. The fraction of sp³-hybridized carbons (Fsp3) is 0.720. The maximum absolute atomic E-state index is 12.5. The molecule has 0 bridgehead atoms. The zero-order valence-corrected chi connectivity index (χ0v) is 21.2. The highest BCUT2D eigenvalue weighted by atomic mass is 16.6. The monoisotopic (exact) mass is 529 g/mol. The van der Waals surface area contributed by atoms with Gasteiger partial charge >= 0.3 is 6.09 Å². The molecule has 2 saturated carbocycles. The van der Waals surface area contributed by atoms with E-state index >= 15 is 0 Å². The van der Waals surface area contributed by atoms with E-state index in [0.29, 0.717) is 49.0 Å². The van der Waals surface area contributed by atoms with Crippen molar-refractivity contribution in [2.75, 3.05) is 25.4 Å². The molecular formula is C25H35N7O6. The lowest BCUT2D eigenvalue weighted by Crippen LogP contribution is -2.43. The molecule has 4 fully saturated rings. The Bertz CT molecular complexity index is 1190. The van der Waals surface area contributed by atoms with Crippen LogP contribution in [-0.2, 0) is 20.7 Å². The minimum absolute atomic E-state index is 0.100. The van der Waals surface area contributed by atoms with Gasteiger partial charge in [-0.05, 0) is 50.4 Å². The second-order valence-corrected chi connectivity index (χ2v) is 11.1. The van der Waals surface area contributed by atoms with Crippen LogP contribution in [0.4, 0.5) is 10.6 Å². The Morgan fingerprint density at radius 1 is 1.08 bits per heavy atom. The number of nitrogens with two attached hydrogens (primary N) is 1. The average Bonchev–Trinajstić information content (AvgIpc) is 3.51. The quantitative estimate of drug-likeness (QED) is 0.395. The Morgan fingerprint density at radius 3 is 2.53 bits per heavy atom. The van der Waals surface area contributed by atoms with Crippen LogP contribution in [0.15, 0.2) is 6.33 Å². The molecule has 2 aromatic heterocycles. The van der Waals surface area contributed by atoms with E-state index in [4.69, 9.17) is 15.2 Å². The summed E-state index contributed by atoms with van der Waals surface area (Å²) in [5, 5.41) is 24.0. The summed E-state index contributed by atoms with van der Waals surface area (Å²) < 4.78 is 12.8. The van der Waals surface area contributed by atoms with E-state index in [0.717, 1.165) is 38.5 Å². The highest BCUT2D eigenvalue weighted by Gasteiger charge is 2.48. The molecule has 0 radical (unpaired) electrons. The van der Waals surface area contributed by atoms with Gasteiger partial charge in [0.25, 0.3) is 5.91 Å². The lowest BCUT2D eigenvalue weighted by Gasteiger charge is -2.32. The summed E-state index contributed by atoms with van der Waals surface area (Å²) >= 11 is 0. The van der Waals surface area contributed by atoms with Crippen molar-refractivity contribution in [2.24, 2.45) is 11.8 Å². The zero-order valence-electron chi connectivity index (χ0n) is 21.2. The number of rotatable bonds is 7. The van der Waals surface area contributed by atoms with Crippen LogP contribution in [0.1, 0.15) is 57.0 Å². The number of piperidine rings is 1. The summed E-state index contributed by atoms with van der Waals surface area (Å²) in [6.45, 7) is 1.75. The van der Waals surface area contributed by atoms with Gasteiger partial charge in [0.15, 0.2) is 23.8 Å². The van der Waals surface area contributed by atoms with Crippen LogP contribution in [0, 0.1) is 11.8 Å². The molecule has 2 saturated heterocycles. The highest BCUT2D eigenvalue weighted by Crippen LogP contribution is 2.33. The number of aromatic nitrogens is 4. The maximum atomic E-state index is 12.5. The fourth-order valence-corrected chi connectivity index (χ4v) is 5.40. The number of hydrogen-bond acceptors (Lipinski definition) is 10. The van der Waals surface area contributed by atoms with Crippen molar-refractivity contribution in [3.63, 3.8) is 0 Å². The normalized spacial score (nSPS) is 28.4. The Hall–Kier alpha value is -3.03. The smallest absolute Gasteiger partial charge is 0.409 e. The number of amides is 2. The molecule has 4 heterocycles. The molecule has 0 aromatic carbocycles. The Labute approximate surface area is 219 Å². The van der Waals surface area contributed by atoms with E-state index in [1.807, 2.05) is 0 Å². The van der Waals surface area contributed by atoms with Gasteiger partial charge in [-0.25, -0.2) is 19.7 Å². The van der Waals surface area contributed by atoms with Crippen molar-refractivity contribution < 1.29 is 29.3 Å². The van der Waals surface area contributed by atoms with E-state index < -0.39 is 30.4 Å². The third-order valence-corrected chi connectivity index (χ3v) is 8.20. The van der Waals surface area contributed by atoms with Gasteiger partial charge in [-0.15, -0.1) is 0 Å². The number of aliphatic hydroxyl groups is 2. The molecule has 4 atom stereocenters. The molecule has 2 aliphatic carbocycles. The summed E-state index contributed by atoms with van der Waals surface area (Å²) in [4.78, 5) is 40.0. The minimum atomic E-state index is -1.39. The number of ether oxygens (including phenoxy) is 2. The molecule has 6 rings (SSSR count). The van der Waals surface area contributed by atoms with Crippen molar-refractivity contribution in [1.29, 1.82) is 0 Å². The first-order chi connectivity index (χ1) is 18.4. The van der Waals surface area contributed by atoms with Crippen molar-refractivity contribution in [1.82, 2.24) is 29.7 Å². The number of carbonyl (C=O) groups is 2. The summed E-state index contributed by atoms with van der Waals surface area (Å²) in [7, 11) is 0. The number of imidazole rings is 1. The summed E-state index contributed by atoms with van der Waals surface area (Å²) in [5.41, 5.74) is 6.92. The Kier molecular flexibility index (Phi) is 6.82. The molecule has 2 amide bonds. The number of nitrogens with one attached hydrogen (secondary N) is 1.